The lowest BCUT2D eigenvalue weighted by atomic mass is 9.95. The molecule has 0 aromatic heterocycles. The minimum Gasteiger partial charge on any atom is -0.314 e. The lowest BCUT2D eigenvalue weighted by molar-refractivity contribution is -0.131. The molecule has 1 rings (SSSR count). The van der Waals surface area contributed by atoms with E-state index >= 15 is 0 Å². The molecule has 0 spiro atoms. The topological polar surface area (TPSA) is 20.3 Å². The van der Waals surface area contributed by atoms with Gasteiger partial charge >= 0.3 is 0 Å². The maximum atomic E-state index is 12.0. The summed E-state index contributed by atoms with van der Waals surface area (Å²) in [6.45, 7) is 12.4. The molecule has 14 heavy (non-hydrogen) atoms. The van der Waals surface area contributed by atoms with Crippen molar-refractivity contribution in [2.75, 3.05) is 0 Å². The van der Waals surface area contributed by atoms with Gasteiger partial charge in [0.2, 0.25) is 5.91 Å². The second-order valence-electron chi connectivity index (χ2n) is 4.90. The third-order valence-corrected chi connectivity index (χ3v) is 2.68. The van der Waals surface area contributed by atoms with E-state index in [1.807, 2.05) is 18.7 Å². The van der Waals surface area contributed by atoms with Crippen molar-refractivity contribution in [3.63, 3.8) is 0 Å². The standard InChI is InChI=1S/C12H21NO/c1-8(2)6-11-7-10(5)13(9(3)4)12(11)14/h8-9,11H,5-7H2,1-4H3. The molecule has 2 heteroatoms. The molecule has 1 unspecified atom stereocenters. The molecule has 0 aliphatic carbocycles. The molecule has 0 radical (unpaired) electrons. The molecule has 0 saturated carbocycles. The molecule has 1 aliphatic rings. The summed E-state index contributed by atoms with van der Waals surface area (Å²) in [5.41, 5.74) is 0.996. The number of hydrogen-bond acceptors (Lipinski definition) is 1. The molecule has 1 heterocycles. The summed E-state index contributed by atoms with van der Waals surface area (Å²) in [5.74, 6) is 1.05. The molecule has 2 nitrogen and oxygen atoms in total. The van der Waals surface area contributed by atoms with Gasteiger partial charge in [0.15, 0.2) is 0 Å². The first-order valence-electron chi connectivity index (χ1n) is 5.44. The number of nitrogens with zero attached hydrogens (tertiary/aromatic N) is 1. The van der Waals surface area contributed by atoms with Crippen molar-refractivity contribution >= 4 is 5.91 Å². The molecule has 0 aromatic rings. The zero-order valence-electron chi connectivity index (χ0n) is 9.71. The predicted octanol–water partition coefficient (Wildman–Crippen LogP) is 2.80. The molecular formula is C12H21NO. The van der Waals surface area contributed by atoms with E-state index in [9.17, 15) is 4.79 Å². The Morgan fingerprint density at radius 3 is 2.36 bits per heavy atom. The van der Waals surface area contributed by atoms with Crippen molar-refractivity contribution in [2.24, 2.45) is 11.8 Å². The fourth-order valence-corrected chi connectivity index (χ4v) is 2.20. The first kappa shape index (κ1) is 11.3. The van der Waals surface area contributed by atoms with E-state index < -0.39 is 0 Å². The van der Waals surface area contributed by atoms with Crippen LogP contribution in [0, 0.1) is 11.8 Å². The average Bonchev–Trinajstić information content (AvgIpc) is 2.25. The van der Waals surface area contributed by atoms with Crippen LogP contribution < -0.4 is 0 Å². The number of carbonyl (C=O) groups is 1. The molecular weight excluding hydrogens is 174 g/mol. The van der Waals surface area contributed by atoms with E-state index in [1.54, 1.807) is 0 Å². The van der Waals surface area contributed by atoms with Crippen LogP contribution in [0.5, 0.6) is 0 Å². The lowest BCUT2D eigenvalue weighted by Crippen LogP contribution is -2.32. The van der Waals surface area contributed by atoms with Gasteiger partial charge in [0.05, 0.1) is 0 Å². The Bertz CT molecular complexity index is 243. The first-order chi connectivity index (χ1) is 6.43. The number of amides is 1. The molecule has 1 fully saturated rings. The van der Waals surface area contributed by atoms with E-state index in [0.29, 0.717) is 5.92 Å². The Morgan fingerprint density at radius 1 is 1.43 bits per heavy atom. The van der Waals surface area contributed by atoms with Crippen molar-refractivity contribution in [3.05, 3.63) is 12.3 Å². The van der Waals surface area contributed by atoms with E-state index in [0.717, 1.165) is 18.5 Å². The monoisotopic (exact) mass is 195 g/mol. The summed E-state index contributed by atoms with van der Waals surface area (Å²) in [7, 11) is 0. The highest BCUT2D eigenvalue weighted by Gasteiger charge is 2.35. The second-order valence-corrected chi connectivity index (χ2v) is 4.90. The normalized spacial score (nSPS) is 23.0. The maximum absolute atomic E-state index is 12.0. The molecule has 1 saturated heterocycles. The highest BCUT2D eigenvalue weighted by Crippen LogP contribution is 2.32. The summed E-state index contributed by atoms with van der Waals surface area (Å²) < 4.78 is 0. The third kappa shape index (κ3) is 2.17. The molecule has 1 aliphatic heterocycles. The third-order valence-electron chi connectivity index (χ3n) is 2.68. The first-order valence-corrected chi connectivity index (χ1v) is 5.44. The largest absolute Gasteiger partial charge is 0.314 e. The van der Waals surface area contributed by atoms with Gasteiger partial charge in [0.25, 0.3) is 0 Å². The minimum absolute atomic E-state index is 0.185. The SMILES string of the molecule is C=C1CC(CC(C)C)C(=O)N1C(C)C. The number of carbonyl (C=O) groups excluding carboxylic acids is 1. The summed E-state index contributed by atoms with van der Waals surface area (Å²) in [6.07, 6.45) is 1.84. The van der Waals surface area contributed by atoms with Gasteiger partial charge in [-0.15, -0.1) is 0 Å². The van der Waals surface area contributed by atoms with Crippen molar-refractivity contribution in [1.29, 1.82) is 0 Å². The Morgan fingerprint density at radius 2 is 2.00 bits per heavy atom. The lowest BCUT2D eigenvalue weighted by Gasteiger charge is -2.22. The summed E-state index contributed by atoms with van der Waals surface area (Å²) in [4.78, 5) is 13.8. The van der Waals surface area contributed by atoms with E-state index in [4.69, 9.17) is 0 Å². The Balaban J connectivity index is 2.69. The van der Waals surface area contributed by atoms with Gasteiger partial charge in [-0.25, -0.2) is 0 Å². The smallest absolute Gasteiger partial charge is 0.230 e. The van der Waals surface area contributed by atoms with Crippen LogP contribution in [0.2, 0.25) is 0 Å². The predicted molar refractivity (Wildman–Crippen MR) is 58.7 cm³/mol. The maximum Gasteiger partial charge on any atom is 0.230 e. The second kappa shape index (κ2) is 4.16. The average molecular weight is 195 g/mol. The summed E-state index contributed by atoms with van der Waals surface area (Å²) in [5, 5.41) is 0. The van der Waals surface area contributed by atoms with Crippen molar-refractivity contribution in [3.8, 4) is 0 Å². The van der Waals surface area contributed by atoms with Crippen LogP contribution in [0.25, 0.3) is 0 Å². The molecule has 1 atom stereocenters. The molecule has 80 valence electrons. The van der Waals surface area contributed by atoms with Crippen molar-refractivity contribution < 1.29 is 4.79 Å². The summed E-state index contributed by atoms with van der Waals surface area (Å²) in [6, 6.07) is 0.257. The van der Waals surface area contributed by atoms with Crippen LogP contribution in [0.3, 0.4) is 0 Å². The quantitative estimate of drug-likeness (QED) is 0.678. The highest BCUT2D eigenvalue weighted by molar-refractivity contribution is 5.84. The van der Waals surface area contributed by atoms with Crippen LogP contribution in [0.4, 0.5) is 0 Å². The van der Waals surface area contributed by atoms with Gasteiger partial charge in [0, 0.05) is 17.7 Å². The van der Waals surface area contributed by atoms with Crippen LogP contribution in [-0.4, -0.2) is 16.8 Å². The zero-order chi connectivity index (χ0) is 10.9. The van der Waals surface area contributed by atoms with Gasteiger partial charge < -0.3 is 4.90 Å². The molecule has 0 bridgehead atoms. The zero-order valence-corrected chi connectivity index (χ0v) is 9.71. The van der Waals surface area contributed by atoms with Crippen LogP contribution in [0.1, 0.15) is 40.5 Å². The highest BCUT2D eigenvalue weighted by atomic mass is 16.2. The van der Waals surface area contributed by atoms with Crippen molar-refractivity contribution in [2.45, 2.75) is 46.6 Å². The Kier molecular flexibility index (Phi) is 3.35. The van der Waals surface area contributed by atoms with Gasteiger partial charge in [-0.05, 0) is 32.6 Å². The number of allylic oxidation sites excluding steroid dienone is 1. The fraction of sp³-hybridized carbons (Fsp3) is 0.750. The summed E-state index contributed by atoms with van der Waals surface area (Å²) >= 11 is 0. The molecule has 0 aromatic carbocycles. The van der Waals surface area contributed by atoms with E-state index in [2.05, 4.69) is 20.4 Å². The van der Waals surface area contributed by atoms with Gasteiger partial charge in [0.1, 0.15) is 0 Å². The number of hydrogen-bond donors (Lipinski definition) is 0. The van der Waals surface area contributed by atoms with Crippen LogP contribution in [-0.2, 0) is 4.79 Å². The van der Waals surface area contributed by atoms with Crippen LogP contribution in [0.15, 0.2) is 12.3 Å². The van der Waals surface area contributed by atoms with Gasteiger partial charge in [-0.3, -0.25) is 4.79 Å². The van der Waals surface area contributed by atoms with E-state index in [1.165, 1.54) is 0 Å². The van der Waals surface area contributed by atoms with Crippen LogP contribution >= 0.6 is 0 Å². The minimum atomic E-state index is 0.185. The van der Waals surface area contributed by atoms with Gasteiger partial charge in [-0.2, -0.15) is 0 Å². The Labute approximate surface area is 87.0 Å². The Hall–Kier alpha value is -0.790. The van der Waals surface area contributed by atoms with E-state index in [-0.39, 0.29) is 17.9 Å². The molecule has 1 amide bonds. The van der Waals surface area contributed by atoms with Crippen molar-refractivity contribution in [1.82, 2.24) is 4.90 Å². The number of rotatable bonds is 3. The van der Waals surface area contributed by atoms with Gasteiger partial charge in [-0.1, -0.05) is 20.4 Å². The fourth-order valence-electron chi connectivity index (χ4n) is 2.20. The molecule has 0 N–H and O–H groups in total. The number of likely N-dealkylation sites (tertiary alicyclic amines) is 1.